The molecule has 0 aromatic carbocycles. The largest absolute Gasteiger partial charge is 0.362 e. The molecule has 0 fully saturated rings. The number of rotatable bonds is 0. The molecule has 0 radical (unpaired) electrons. The molecule has 0 saturated heterocycles. The highest BCUT2D eigenvalue weighted by Gasteiger charge is 2.33. The van der Waals surface area contributed by atoms with Crippen molar-refractivity contribution in [3.8, 4) is 0 Å². The van der Waals surface area contributed by atoms with Crippen LogP contribution in [0.2, 0.25) is 0 Å². The molecule has 4 heteroatoms. The van der Waals surface area contributed by atoms with E-state index >= 15 is 0 Å². The lowest BCUT2D eigenvalue weighted by atomic mass is 10.0. The predicted molar refractivity (Wildman–Crippen MR) is 39.2 cm³/mol. The molecule has 0 aliphatic carbocycles. The molecule has 1 aliphatic heterocycles. The Morgan fingerprint density at radius 1 is 1.55 bits per heavy atom. The maximum atomic E-state index is 11.0. The smallest absolute Gasteiger partial charge is 0.338 e. The molecule has 4 nitrogen and oxygen atoms in total. The van der Waals surface area contributed by atoms with E-state index in [1.165, 1.54) is 0 Å². The van der Waals surface area contributed by atoms with E-state index in [1.807, 2.05) is 13.8 Å². The van der Waals surface area contributed by atoms with Gasteiger partial charge in [-0.05, 0) is 13.8 Å². The maximum Gasteiger partial charge on any atom is 0.362 e. The van der Waals surface area contributed by atoms with Crippen molar-refractivity contribution >= 4 is 0 Å². The maximum absolute atomic E-state index is 11.0. The molecular weight excluding hydrogens is 144 g/mol. The van der Waals surface area contributed by atoms with E-state index < -0.39 is 0 Å². The molecule has 0 bridgehead atoms. The van der Waals surface area contributed by atoms with E-state index in [4.69, 9.17) is 0 Å². The van der Waals surface area contributed by atoms with Crippen molar-refractivity contribution in [1.29, 1.82) is 0 Å². The van der Waals surface area contributed by atoms with Gasteiger partial charge in [0.1, 0.15) is 0 Å². The second-order valence-corrected chi connectivity index (χ2v) is 3.32. The SMILES string of the molecule is CC1(C)NCc2c1[nH]oc2=O. The summed E-state index contributed by atoms with van der Waals surface area (Å²) in [6.45, 7) is 4.61. The van der Waals surface area contributed by atoms with Gasteiger partial charge in [-0.15, -0.1) is 0 Å². The Morgan fingerprint density at radius 2 is 2.27 bits per heavy atom. The molecule has 0 atom stereocenters. The van der Waals surface area contributed by atoms with E-state index in [0.717, 1.165) is 11.3 Å². The third kappa shape index (κ3) is 0.758. The lowest BCUT2D eigenvalue weighted by molar-refractivity contribution is 0.338. The van der Waals surface area contributed by atoms with E-state index in [2.05, 4.69) is 15.0 Å². The fourth-order valence-corrected chi connectivity index (χ4v) is 1.39. The second-order valence-electron chi connectivity index (χ2n) is 3.32. The van der Waals surface area contributed by atoms with E-state index in [-0.39, 0.29) is 11.2 Å². The van der Waals surface area contributed by atoms with Gasteiger partial charge in [0.2, 0.25) is 0 Å². The van der Waals surface area contributed by atoms with Crippen molar-refractivity contribution in [3.63, 3.8) is 0 Å². The summed E-state index contributed by atoms with van der Waals surface area (Å²) in [4.78, 5) is 11.0. The second kappa shape index (κ2) is 1.76. The molecular formula is C7H10N2O2. The number of hydrogen-bond donors (Lipinski definition) is 2. The quantitative estimate of drug-likeness (QED) is 0.565. The van der Waals surface area contributed by atoms with Gasteiger partial charge in [0.15, 0.2) is 0 Å². The van der Waals surface area contributed by atoms with Crippen LogP contribution in [0.25, 0.3) is 0 Å². The zero-order valence-electron chi connectivity index (χ0n) is 6.52. The molecule has 0 unspecified atom stereocenters. The number of aromatic amines is 1. The predicted octanol–water partition coefficient (Wildman–Crippen LogP) is 0.306. The Balaban J connectivity index is 2.66. The van der Waals surface area contributed by atoms with Crippen LogP contribution in [0.15, 0.2) is 9.32 Å². The van der Waals surface area contributed by atoms with Crippen molar-refractivity contribution in [2.75, 3.05) is 0 Å². The fraction of sp³-hybridized carbons (Fsp3) is 0.571. The highest BCUT2D eigenvalue weighted by Crippen LogP contribution is 2.25. The average Bonchev–Trinajstić information content (AvgIpc) is 2.39. The van der Waals surface area contributed by atoms with Gasteiger partial charge >= 0.3 is 5.63 Å². The Hall–Kier alpha value is -1.03. The molecule has 0 amide bonds. The summed E-state index contributed by atoms with van der Waals surface area (Å²) in [6.07, 6.45) is 0. The molecule has 0 spiro atoms. The van der Waals surface area contributed by atoms with E-state index in [9.17, 15) is 4.79 Å². The van der Waals surface area contributed by atoms with Gasteiger partial charge in [0, 0.05) is 6.54 Å². The van der Waals surface area contributed by atoms with Crippen molar-refractivity contribution in [3.05, 3.63) is 21.7 Å². The molecule has 1 aliphatic rings. The minimum Gasteiger partial charge on any atom is -0.338 e. The monoisotopic (exact) mass is 154 g/mol. The fourth-order valence-electron chi connectivity index (χ4n) is 1.39. The summed E-state index contributed by atoms with van der Waals surface area (Å²) in [5, 5.41) is 5.82. The summed E-state index contributed by atoms with van der Waals surface area (Å²) in [5.74, 6) is 0. The standard InChI is InChI=1S/C7H10N2O2/c1-7(2)5-4(3-8-7)6(10)11-9-5/h8-9H,3H2,1-2H3. The summed E-state index contributed by atoms with van der Waals surface area (Å²) in [7, 11) is 0. The first-order valence-electron chi connectivity index (χ1n) is 3.57. The van der Waals surface area contributed by atoms with Crippen LogP contribution in [0.5, 0.6) is 0 Å². The third-order valence-corrected chi connectivity index (χ3v) is 2.13. The Kier molecular flexibility index (Phi) is 1.07. The third-order valence-electron chi connectivity index (χ3n) is 2.13. The Labute approximate surface area is 63.6 Å². The van der Waals surface area contributed by atoms with Gasteiger partial charge in [0.05, 0.1) is 16.8 Å². The van der Waals surface area contributed by atoms with Gasteiger partial charge in [0.25, 0.3) is 0 Å². The van der Waals surface area contributed by atoms with Crippen LogP contribution in [-0.2, 0) is 12.1 Å². The summed E-state index contributed by atoms with van der Waals surface area (Å²) in [6, 6.07) is 0. The molecule has 2 N–H and O–H groups in total. The van der Waals surface area contributed by atoms with Crippen molar-refractivity contribution in [2.24, 2.45) is 0 Å². The molecule has 60 valence electrons. The minimum absolute atomic E-state index is 0.151. The number of H-pyrrole nitrogens is 1. The first-order chi connectivity index (χ1) is 5.11. The van der Waals surface area contributed by atoms with Crippen LogP contribution in [0.4, 0.5) is 0 Å². The number of fused-ring (bicyclic) bond motifs is 1. The first-order valence-corrected chi connectivity index (χ1v) is 3.57. The van der Waals surface area contributed by atoms with E-state index in [0.29, 0.717) is 6.54 Å². The summed E-state index contributed by atoms with van der Waals surface area (Å²) < 4.78 is 4.65. The first kappa shape index (κ1) is 6.67. The zero-order chi connectivity index (χ0) is 8.06. The van der Waals surface area contributed by atoms with Crippen LogP contribution in [0, 0.1) is 0 Å². The lowest BCUT2D eigenvalue weighted by Gasteiger charge is -2.16. The van der Waals surface area contributed by atoms with Crippen LogP contribution >= 0.6 is 0 Å². The molecule has 2 rings (SSSR count). The normalized spacial score (nSPS) is 20.2. The minimum atomic E-state index is -0.252. The molecule has 11 heavy (non-hydrogen) atoms. The van der Waals surface area contributed by atoms with Crippen LogP contribution in [-0.4, -0.2) is 5.16 Å². The van der Waals surface area contributed by atoms with Crippen LogP contribution < -0.4 is 10.9 Å². The van der Waals surface area contributed by atoms with Gasteiger partial charge in [-0.2, -0.15) is 0 Å². The van der Waals surface area contributed by atoms with Crippen molar-refractivity contribution in [2.45, 2.75) is 25.9 Å². The number of hydrogen-bond acceptors (Lipinski definition) is 3. The molecule has 1 aromatic rings. The highest BCUT2D eigenvalue weighted by molar-refractivity contribution is 5.27. The highest BCUT2D eigenvalue weighted by atomic mass is 16.5. The molecule has 2 heterocycles. The van der Waals surface area contributed by atoms with Gasteiger partial charge in [-0.1, -0.05) is 0 Å². The Morgan fingerprint density at radius 3 is 2.91 bits per heavy atom. The number of aromatic nitrogens is 1. The van der Waals surface area contributed by atoms with Crippen molar-refractivity contribution in [1.82, 2.24) is 10.5 Å². The van der Waals surface area contributed by atoms with Crippen LogP contribution in [0.1, 0.15) is 25.1 Å². The number of nitrogens with one attached hydrogen (secondary N) is 2. The average molecular weight is 154 g/mol. The van der Waals surface area contributed by atoms with Gasteiger partial charge < -0.3 is 9.84 Å². The van der Waals surface area contributed by atoms with Gasteiger partial charge in [-0.3, -0.25) is 0 Å². The Bertz CT molecular complexity index is 334. The zero-order valence-corrected chi connectivity index (χ0v) is 6.52. The molecule has 1 aromatic heterocycles. The summed E-state index contributed by atoms with van der Waals surface area (Å²) >= 11 is 0. The van der Waals surface area contributed by atoms with Crippen LogP contribution in [0.3, 0.4) is 0 Å². The van der Waals surface area contributed by atoms with E-state index in [1.54, 1.807) is 0 Å². The van der Waals surface area contributed by atoms with Gasteiger partial charge in [-0.25, -0.2) is 9.95 Å². The lowest BCUT2D eigenvalue weighted by Crippen LogP contribution is -2.29. The van der Waals surface area contributed by atoms with Crippen molar-refractivity contribution < 1.29 is 4.52 Å². The molecule has 0 saturated carbocycles. The summed E-state index contributed by atoms with van der Waals surface area (Å²) in [5.41, 5.74) is 1.21. The topological polar surface area (TPSA) is 58.0 Å².